The molecule has 0 atom stereocenters. The molecular formula is C27H49NO2. The van der Waals surface area contributed by atoms with Crippen LogP contribution in [0.15, 0.2) is 30.3 Å². The van der Waals surface area contributed by atoms with Crippen molar-refractivity contribution in [2.75, 3.05) is 26.2 Å². The normalized spacial score (nSPS) is 11.9. The van der Waals surface area contributed by atoms with Gasteiger partial charge in [0.1, 0.15) is 0 Å². The molecule has 0 heterocycles. The highest BCUT2D eigenvalue weighted by atomic mass is 16.4. The van der Waals surface area contributed by atoms with Crippen LogP contribution in [-0.2, 0) is 0 Å². The summed E-state index contributed by atoms with van der Waals surface area (Å²) in [5.41, 5.74) is 0.220. The zero-order valence-electron chi connectivity index (χ0n) is 21.1. The Morgan fingerprint density at radius 1 is 0.667 bits per heavy atom. The van der Waals surface area contributed by atoms with Crippen LogP contribution in [0.25, 0.3) is 0 Å². The Labute approximate surface area is 187 Å². The molecule has 0 saturated heterocycles. The van der Waals surface area contributed by atoms with Crippen LogP contribution in [0.3, 0.4) is 0 Å². The van der Waals surface area contributed by atoms with Gasteiger partial charge in [0.05, 0.1) is 32.1 Å². The van der Waals surface area contributed by atoms with Crippen molar-refractivity contribution < 1.29 is 14.4 Å². The Morgan fingerprint density at radius 3 is 1.17 bits per heavy atom. The minimum Gasteiger partial charge on any atom is -0.545 e. The first-order chi connectivity index (χ1) is 14.0. The largest absolute Gasteiger partial charge is 0.545 e. The molecule has 174 valence electrons. The van der Waals surface area contributed by atoms with Crippen LogP contribution in [-0.4, -0.2) is 36.6 Å². The first-order valence-corrected chi connectivity index (χ1v) is 12.1. The van der Waals surface area contributed by atoms with Crippen molar-refractivity contribution in [2.24, 2.45) is 23.7 Å². The lowest BCUT2D eigenvalue weighted by molar-refractivity contribution is -0.930. The smallest absolute Gasteiger partial charge is 0.0789 e. The molecule has 0 bridgehead atoms. The van der Waals surface area contributed by atoms with E-state index in [1.165, 1.54) is 68.5 Å². The number of carbonyl (C=O) groups is 1. The molecule has 3 heteroatoms. The van der Waals surface area contributed by atoms with Crippen LogP contribution in [0, 0.1) is 23.7 Å². The first kappa shape index (κ1) is 28.6. The summed E-state index contributed by atoms with van der Waals surface area (Å²) in [4.78, 5) is 10.1. The van der Waals surface area contributed by atoms with Gasteiger partial charge in [-0.2, -0.15) is 0 Å². The predicted octanol–water partition coefficient (Wildman–Crippen LogP) is 6.04. The fourth-order valence-electron chi connectivity index (χ4n) is 3.37. The van der Waals surface area contributed by atoms with Gasteiger partial charge < -0.3 is 14.4 Å². The van der Waals surface area contributed by atoms with Gasteiger partial charge in [-0.15, -0.1) is 0 Å². The van der Waals surface area contributed by atoms with Crippen LogP contribution in [0.1, 0.15) is 91.4 Å². The summed E-state index contributed by atoms with van der Waals surface area (Å²) in [6, 6.07) is 8.06. The molecule has 0 amide bonds. The van der Waals surface area contributed by atoms with E-state index in [-0.39, 0.29) is 5.56 Å². The van der Waals surface area contributed by atoms with Crippen molar-refractivity contribution in [1.29, 1.82) is 0 Å². The molecule has 0 fully saturated rings. The molecule has 1 aromatic carbocycles. The third kappa shape index (κ3) is 14.6. The number of nitrogens with zero attached hydrogens (tertiary/aromatic N) is 1. The Morgan fingerprint density at radius 2 is 0.967 bits per heavy atom. The number of carboxylic acids is 1. The summed E-state index contributed by atoms with van der Waals surface area (Å²) in [6.45, 7) is 24.6. The Balaban J connectivity index is 0.000000769. The van der Waals surface area contributed by atoms with Gasteiger partial charge in [-0.1, -0.05) is 85.7 Å². The zero-order chi connectivity index (χ0) is 23.2. The number of carbonyl (C=O) groups excluding carboxylic acids is 1. The number of benzene rings is 1. The minimum atomic E-state index is -1.13. The summed E-state index contributed by atoms with van der Waals surface area (Å²) in [7, 11) is 0. The summed E-state index contributed by atoms with van der Waals surface area (Å²) in [5, 5.41) is 10.1. The van der Waals surface area contributed by atoms with Crippen molar-refractivity contribution in [2.45, 2.75) is 81.1 Å². The molecule has 0 saturated carbocycles. The molecule has 1 rings (SSSR count). The number of carboxylic acid groups (broad SMARTS) is 1. The molecule has 0 spiro atoms. The van der Waals surface area contributed by atoms with E-state index >= 15 is 0 Å². The monoisotopic (exact) mass is 419 g/mol. The Bertz CT molecular complexity index is 496. The van der Waals surface area contributed by atoms with E-state index in [0.29, 0.717) is 0 Å². The lowest BCUT2D eigenvalue weighted by Crippen LogP contribution is -2.52. The van der Waals surface area contributed by atoms with Gasteiger partial charge in [0.15, 0.2) is 0 Å². The van der Waals surface area contributed by atoms with Gasteiger partial charge in [-0.25, -0.2) is 0 Å². The molecule has 0 unspecified atom stereocenters. The van der Waals surface area contributed by atoms with E-state index in [9.17, 15) is 9.90 Å². The molecule has 3 nitrogen and oxygen atoms in total. The van der Waals surface area contributed by atoms with E-state index in [2.05, 4.69) is 55.4 Å². The van der Waals surface area contributed by atoms with Gasteiger partial charge in [-0.05, 0) is 54.9 Å². The molecule has 0 aliphatic heterocycles. The zero-order valence-corrected chi connectivity index (χ0v) is 21.1. The van der Waals surface area contributed by atoms with E-state index in [1.54, 1.807) is 18.2 Å². The molecule has 0 aliphatic carbocycles. The second-order valence-corrected chi connectivity index (χ2v) is 10.6. The molecule has 1 aromatic rings. The van der Waals surface area contributed by atoms with Gasteiger partial charge in [0.25, 0.3) is 0 Å². The molecule has 0 aliphatic rings. The molecule has 0 radical (unpaired) electrons. The SMILES string of the molecule is CC(C)CC[N+](CCC(C)C)(CCC(C)C)CCC(C)C.O=C([O-])c1ccccc1. The molecule has 0 aromatic heterocycles. The Kier molecular flexibility index (Phi) is 14.8. The quantitative estimate of drug-likeness (QED) is 0.366. The van der Waals surface area contributed by atoms with Crippen LogP contribution >= 0.6 is 0 Å². The van der Waals surface area contributed by atoms with Crippen molar-refractivity contribution in [1.82, 2.24) is 0 Å². The van der Waals surface area contributed by atoms with E-state index < -0.39 is 5.97 Å². The highest BCUT2D eigenvalue weighted by Crippen LogP contribution is 2.21. The predicted molar refractivity (Wildman–Crippen MR) is 128 cm³/mol. The number of hydrogen-bond donors (Lipinski definition) is 0. The third-order valence-electron chi connectivity index (χ3n) is 5.73. The topological polar surface area (TPSA) is 40.1 Å². The fourth-order valence-corrected chi connectivity index (χ4v) is 3.37. The van der Waals surface area contributed by atoms with Gasteiger partial charge in [0.2, 0.25) is 0 Å². The number of quaternary nitrogens is 1. The summed E-state index contributed by atoms with van der Waals surface area (Å²) in [6.07, 6.45) is 5.53. The van der Waals surface area contributed by atoms with Gasteiger partial charge in [0, 0.05) is 0 Å². The second kappa shape index (κ2) is 15.5. The average molecular weight is 420 g/mol. The maximum Gasteiger partial charge on any atom is 0.0789 e. The number of rotatable bonds is 13. The molecular weight excluding hydrogens is 370 g/mol. The van der Waals surface area contributed by atoms with Crippen molar-refractivity contribution in [3.8, 4) is 0 Å². The summed E-state index contributed by atoms with van der Waals surface area (Å²) < 4.78 is 1.38. The molecule has 30 heavy (non-hydrogen) atoms. The van der Waals surface area contributed by atoms with Crippen LogP contribution in [0.4, 0.5) is 0 Å². The lowest BCUT2D eigenvalue weighted by atomic mass is 10.0. The van der Waals surface area contributed by atoms with E-state index in [1.807, 2.05) is 0 Å². The summed E-state index contributed by atoms with van der Waals surface area (Å²) in [5.74, 6) is 2.20. The molecule has 0 N–H and O–H groups in total. The van der Waals surface area contributed by atoms with Crippen molar-refractivity contribution >= 4 is 5.97 Å². The van der Waals surface area contributed by atoms with Gasteiger partial charge in [-0.3, -0.25) is 0 Å². The highest BCUT2D eigenvalue weighted by molar-refractivity contribution is 5.85. The van der Waals surface area contributed by atoms with Crippen molar-refractivity contribution in [3.05, 3.63) is 35.9 Å². The summed E-state index contributed by atoms with van der Waals surface area (Å²) >= 11 is 0. The van der Waals surface area contributed by atoms with Gasteiger partial charge >= 0.3 is 0 Å². The van der Waals surface area contributed by atoms with Crippen LogP contribution in [0.5, 0.6) is 0 Å². The standard InChI is InChI=1S/C20H44N.C7H6O2/c1-17(2)9-13-21(14-10-18(3)4,15-11-19(5)6)16-12-20(7)8;8-7(9)6-4-2-1-3-5-6/h17-20H,9-16H2,1-8H3;1-5H,(H,8,9)/q+1;/p-1. The van der Waals surface area contributed by atoms with Crippen LogP contribution < -0.4 is 5.11 Å². The van der Waals surface area contributed by atoms with E-state index in [0.717, 1.165) is 23.7 Å². The fraction of sp³-hybridized carbons (Fsp3) is 0.741. The number of aromatic carboxylic acids is 1. The lowest BCUT2D eigenvalue weighted by Gasteiger charge is -2.41. The van der Waals surface area contributed by atoms with Crippen LogP contribution in [0.2, 0.25) is 0 Å². The number of hydrogen-bond acceptors (Lipinski definition) is 2. The minimum absolute atomic E-state index is 0.220. The average Bonchev–Trinajstić information content (AvgIpc) is 2.67. The Hall–Kier alpha value is -1.35. The first-order valence-electron chi connectivity index (χ1n) is 12.1. The van der Waals surface area contributed by atoms with E-state index in [4.69, 9.17) is 0 Å². The van der Waals surface area contributed by atoms with Crippen molar-refractivity contribution in [3.63, 3.8) is 0 Å². The third-order valence-corrected chi connectivity index (χ3v) is 5.73. The highest BCUT2D eigenvalue weighted by Gasteiger charge is 2.27. The maximum atomic E-state index is 10.1. The second-order valence-electron chi connectivity index (χ2n) is 10.6. The maximum absolute atomic E-state index is 10.1.